The maximum Gasteiger partial charge on any atom is 0 e. The Morgan fingerprint density at radius 3 is 1.24 bits per heavy atom. The third-order valence-electron chi connectivity index (χ3n) is 2.20. The molecule has 0 aliphatic rings. The third-order valence-corrected chi connectivity index (χ3v) is 2.49. The topological polar surface area (TPSA) is 175 Å². The Morgan fingerprint density at radius 1 is 0.820 bits per heavy atom. The van der Waals surface area contributed by atoms with Crippen LogP contribution >= 0.6 is 141 Å². The van der Waals surface area contributed by atoms with Crippen molar-refractivity contribution in [2.24, 2.45) is 5.73 Å². The van der Waals surface area contributed by atoms with E-state index in [1.165, 1.54) is 15.8 Å². The molecule has 8 N–H and O–H groups in total. The molecule has 5 radical (unpaired) electrons. The van der Waals surface area contributed by atoms with Gasteiger partial charge in [-0.2, -0.15) is 16.0 Å². The van der Waals surface area contributed by atoms with Crippen LogP contribution in [0.2, 0.25) is 0 Å². The first kappa shape index (κ1) is 112. The molecule has 1 amide bonds. The average Bonchev–Trinajstić information content (AvgIpc) is 2.93. The number of alkyl halides is 3. The van der Waals surface area contributed by atoms with E-state index < -0.39 is 0 Å². The molecule has 0 unspecified atom stereocenters. The van der Waals surface area contributed by atoms with Crippen LogP contribution in [0.15, 0.2) is 0 Å². The molecule has 50 heavy (non-hydrogen) atoms. The van der Waals surface area contributed by atoms with Crippen molar-refractivity contribution in [3.63, 3.8) is 0 Å². The molecular weight excluding hydrogens is 1730 g/mol. The van der Waals surface area contributed by atoms with Gasteiger partial charge in [-0.15, -0.1) is 42.1 Å². The van der Waals surface area contributed by atoms with Gasteiger partial charge >= 0.3 is 71.0 Å². The third kappa shape index (κ3) is 290. The van der Waals surface area contributed by atoms with E-state index in [0.29, 0.717) is 19.5 Å². The Bertz CT molecular complexity index is 471. The molecule has 303 valence electrons. The molecule has 24 heteroatoms. The SMILES string of the molecule is CC.CCI.CCI.CN[CH-]CCC(=O)CCl.CN[CH-]CN.CN[CH-]CNC(C)=O.CN[CH-]CO.I.O=C=O.[CH3-].[CH3-].[I][V]([I])[I].[V].[Y].[Y].[Y].[Y]. The molecular formula is C26H62ClI6N6O5V2Y4-6. The Kier molecular flexibility index (Phi) is 327. The maximum atomic E-state index is 10.5. The Hall–Kier alpha value is 8.53. The molecule has 0 aliphatic carbocycles. The zero-order valence-corrected chi connectivity index (χ0v) is 59.5. The van der Waals surface area contributed by atoms with Crippen LogP contribution in [0.1, 0.15) is 47.5 Å². The van der Waals surface area contributed by atoms with Gasteiger partial charge in [0.25, 0.3) is 0 Å². The Balaban J connectivity index is -0.0000000166. The van der Waals surface area contributed by atoms with Crippen molar-refractivity contribution < 1.29 is 179 Å². The summed E-state index contributed by atoms with van der Waals surface area (Å²) in [6.45, 7) is 18.0. The van der Waals surface area contributed by atoms with Crippen molar-refractivity contribution in [3.05, 3.63) is 41.0 Å². The summed E-state index contributed by atoms with van der Waals surface area (Å²) in [4.78, 5) is 36.6. The fourth-order valence-corrected chi connectivity index (χ4v) is 1.08. The molecule has 0 rings (SSSR count). The van der Waals surface area contributed by atoms with Gasteiger partial charge in [0.15, 0.2) is 0 Å². The van der Waals surface area contributed by atoms with Gasteiger partial charge in [0.05, 0.1) is 5.88 Å². The number of aliphatic hydroxyl groups is 1. The van der Waals surface area contributed by atoms with Gasteiger partial charge < -0.3 is 52.3 Å². The van der Waals surface area contributed by atoms with Crippen LogP contribution < -0.4 is 32.3 Å². The van der Waals surface area contributed by atoms with Crippen molar-refractivity contribution in [1.29, 1.82) is 0 Å². The predicted octanol–water partition coefficient (Wildman–Crippen LogP) is 6.63. The normalized spacial score (nSPS) is 6.52. The molecule has 0 heterocycles. The minimum absolute atomic E-state index is 0. The fourth-order valence-electron chi connectivity index (χ4n) is 0.950. The molecule has 0 aromatic carbocycles. The number of likely N-dealkylation sites (N-methyl/N-ethyl adjacent to an activating group) is 3. The first-order valence-corrected chi connectivity index (χ1v) is 29.5. The van der Waals surface area contributed by atoms with Crippen molar-refractivity contribution in [1.82, 2.24) is 26.6 Å². The monoisotopic (exact) mass is 1790 g/mol. The van der Waals surface area contributed by atoms with Crippen LogP contribution in [0, 0.1) is 41.0 Å². The van der Waals surface area contributed by atoms with Gasteiger partial charge in [0.2, 0.25) is 5.91 Å². The molecule has 0 fully saturated rings. The molecule has 0 saturated carbocycles. The second-order valence-electron chi connectivity index (χ2n) is 5.35. The predicted molar refractivity (Wildman–Crippen MR) is 249 cm³/mol. The van der Waals surface area contributed by atoms with Gasteiger partial charge in [-0.1, -0.05) is 86.0 Å². The largest absolute Gasteiger partial charge is 0 e. The minimum atomic E-state index is -0.278. The van der Waals surface area contributed by atoms with E-state index >= 15 is 0 Å². The number of aliphatic hydroxyl groups excluding tert-OH is 1. The van der Waals surface area contributed by atoms with E-state index in [9.17, 15) is 9.59 Å². The fraction of sp³-hybridized carbons (Fsp3) is 0.654. The molecule has 0 saturated heterocycles. The number of halogens is 7. The van der Waals surface area contributed by atoms with Gasteiger partial charge in [-0.25, -0.2) is 6.54 Å². The van der Waals surface area contributed by atoms with E-state index in [1.807, 2.05) is 34.5 Å². The van der Waals surface area contributed by atoms with E-state index in [1.54, 1.807) is 33.7 Å². The summed E-state index contributed by atoms with van der Waals surface area (Å²) in [6, 6.07) is 0. The van der Waals surface area contributed by atoms with Crippen molar-refractivity contribution in [2.45, 2.75) is 47.5 Å². The van der Waals surface area contributed by atoms with Crippen molar-refractivity contribution in [3.8, 4) is 0 Å². The zero-order chi connectivity index (χ0) is 35.5. The summed E-state index contributed by atoms with van der Waals surface area (Å²) in [5.74, 6) is 0.233. The average molecular weight is 1790 g/mol. The van der Waals surface area contributed by atoms with E-state index in [0.717, 1.165) is 6.42 Å². The summed E-state index contributed by atoms with van der Waals surface area (Å²) >= 11 is 17.2. The number of rotatable bonds is 12. The molecule has 0 atom stereocenters. The number of ketones is 1. The summed E-state index contributed by atoms with van der Waals surface area (Å²) in [7, 11) is 7.18. The first-order valence-electron chi connectivity index (χ1n) is 12.4. The van der Waals surface area contributed by atoms with E-state index in [-0.39, 0.29) is 223 Å². The second-order valence-corrected chi connectivity index (χ2v) is 44.0. The number of hydrogen-bond donors (Lipinski definition) is 7. The molecule has 0 aromatic rings. The van der Waals surface area contributed by atoms with Crippen LogP contribution in [0.25, 0.3) is 0 Å². The van der Waals surface area contributed by atoms with Crippen LogP contribution in [-0.4, -0.2) is 85.6 Å². The van der Waals surface area contributed by atoms with Crippen LogP contribution in [0.5, 0.6) is 0 Å². The number of carbonyl (C=O) groups is 2. The number of nitrogens with two attached hydrogens (primary N) is 1. The summed E-state index contributed by atoms with van der Waals surface area (Å²) in [6.07, 6.45) is 1.56. The Labute approximate surface area is 509 Å². The molecule has 11 nitrogen and oxygen atoms in total. The van der Waals surface area contributed by atoms with Gasteiger partial charge in [-0.05, 0) is 43.5 Å². The standard InChI is InChI=1S/C6H11ClNO.C5H11N2O.C3H9N2.C3H8NO.2C2H5I.C2H6.CO2.2CH3.4HI.2V.4Y/c1-8-4-2-3-6(9)5-7;1-5(8)7-4-3-6-2;1-5-3-2-4;1-4-2-3-5;2*1-2-3;1-2;2-1-3;;;;;;;;;;;;/h4,8H,2-3,5H2,1H3;3,6H,4H2,1-2H3,(H,7,8);3,5H,2,4H2,1H3;2,4-5H,3H2,1H3;2*2H2,1H3;1-2H3;;2*1H3;4*1H;;;;;;/q4*-1;;;;;2*-1;;;;;;+3;;;;/p-3. The zero-order valence-electron chi connectivity index (χ0n) is 31.5. The number of amides is 1. The first-order chi connectivity index (χ1) is 19.9. The van der Waals surface area contributed by atoms with Gasteiger partial charge in [-0.3, -0.25) is 29.2 Å². The smallest absolute Gasteiger partial charge is 0 e. The number of carbonyl (C=O) groups excluding carboxylic acids is 4. The van der Waals surface area contributed by atoms with Crippen molar-refractivity contribution in [2.75, 3.05) is 62.6 Å². The van der Waals surface area contributed by atoms with E-state index in [4.69, 9.17) is 32.0 Å². The van der Waals surface area contributed by atoms with Crippen LogP contribution in [0.3, 0.4) is 0 Å². The number of hydrogen-bond acceptors (Lipinski definition) is 10. The van der Waals surface area contributed by atoms with Gasteiger partial charge in [0.1, 0.15) is 5.78 Å². The van der Waals surface area contributed by atoms with Crippen molar-refractivity contribution >= 4 is 159 Å². The van der Waals surface area contributed by atoms with Crippen LogP contribution in [0.4, 0.5) is 0 Å². The molecule has 0 aromatic heterocycles. The maximum absolute atomic E-state index is 10.5. The Morgan fingerprint density at radius 2 is 1.10 bits per heavy atom. The van der Waals surface area contributed by atoms with Crippen LogP contribution in [-0.2, 0) is 173 Å². The summed E-state index contributed by atoms with van der Waals surface area (Å²) in [5, 5.41) is 21.6. The summed E-state index contributed by atoms with van der Waals surface area (Å²) < 4.78 is 2.44. The van der Waals surface area contributed by atoms with E-state index in [2.05, 4.69) is 146 Å². The number of nitrogens with one attached hydrogen (secondary N) is 5. The molecule has 0 bridgehead atoms. The van der Waals surface area contributed by atoms with Gasteiger partial charge in [0, 0.05) is 156 Å². The quantitative estimate of drug-likeness (QED) is 0.0487. The second kappa shape index (κ2) is 146. The number of Topliss-reactive ketones (excluding diaryl/α,β-unsaturated/α-hetero) is 1. The molecule has 0 aliphatic heterocycles. The minimum Gasteiger partial charge on any atom is 0 e. The molecule has 0 spiro atoms. The summed E-state index contributed by atoms with van der Waals surface area (Å²) in [5.41, 5.74) is 5.02.